The standard InChI is InChI=1S/C13H12BrN3O2S2/c1-7-12(21-13(15)16-7)20-6-10(18)17-11(19)8-4-2-3-5-9(8)14/h2-5H,6H2,1H3,(H2,15,16)(H,17,18,19). The van der Waals surface area contributed by atoms with E-state index in [2.05, 4.69) is 26.2 Å². The van der Waals surface area contributed by atoms with Crippen LogP contribution in [0.3, 0.4) is 0 Å². The zero-order valence-corrected chi connectivity index (χ0v) is 14.3. The molecule has 3 N–H and O–H groups in total. The molecule has 0 saturated carbocycles. The van der Waals surface area contributed by atoms with Gasteiger partial charge in [0, 0.05) is 4.47 Å². The molecule has 0 bridgehead atoms. The van der Waals surface area contributed by atoms with E-state index in [9.17, 15) is 9.59 Å². The predicted octanol–water partition coefficient (Wildman–Crippen LogP) is 2.84. The number of aryl methyl sites for hydroxylation is 1. The highest BCUT2D eigenvalue weighted by Gasteiger charge is 2.14. The Bertz CT molecular complexity index is 688. The fourth-order valence-electron chi connectivity index (χ4n) is 1.54. The lowest BCUT2D eigenvalue weighted by atomic mass is 10.2. The minimum Gasteiger partial charge on any atom is -0.375 e. The largest absolute Gasteiger partial charge is 0.375 e. The van der Waals surface area contributed by atoms with E-state index >= 15 is 0 Å². The van der Waals surface area contributed by atoms with Crippen LogP contribution < -0.4 is 11.1 Å². The molecule has 0 atom stereocenters. The number of anilines is 1. The summed E-state index contributed by atoms with van der Waals surface area (Å²) in [4.78, 5) is 27.9. The maximum absolute atomic E-state index is 12.0. The van der Waals surface area contributed by atoms with Gasteiger partial charge >= 0.3 is 0 Å². The Balaban J connectivity index is 1.92. The van der Waals surface area contributed by atoms with Crippen molar-refractivity contribution >= 4 is 56.0 Å². The maximum Gasteiger partial charge on any atom is 0.259 e. The zero-order chi connectivity index (χ0) is 15.4. The van der Waals surface area contributed by atoms with Crippen molar-refractivity contribution in [2.75, 3.05) is 11.5 Å². The molecule has 0 spiro atoms. The van der Waals surface area contributed by atoms with Crippen LogP contribution in [0.25, 0.3) is 0 Å². The molecular weight excluding hydrogens is 374 g/mol. The first-order valence-corrected chi connectivity index (χ1v) is 8.51. The number of nitrogen functional groups attached to an aromatic ring is 1. The Morgan fingerprint density at radius 1 is 1.43 bits per heavy atom. The highest BCUT2D eigenvalue weighted by Crippen LogP contribution is 2.30. The van der Waals surface area contributed by atoms with Crippen LogP contribution in [0.1, 0.15) is 16.1 Å². The summed E-state index contributed by atoms with van der Waals surface area (Å²) in [7, 11) is 0. The predicted molar refractivity (Wildman–Crippen MR) is 88.6 cm³/mol. The maximum atomic E-state index is 12.0. The number of halogens is 1. The number of thioether (sulfide) groups is 1. The Hall–Kier alpha value is -1.38. The minimum atomic E-state index is -0.423. The van der Waals surface area contributed by atoms with Crippen LogP contribution in [-0.4, -0.2) is 22.6 Å². The van der Waals surface area contributed by atoms with Crippen molar-refractivity contribution in [3.05, 3.63) is 40.0 Å². The smallest absolute Gasteiger partial charge is 0.259 e. The molecule has 8 heteroatoms. The number of aromatic nitrogens is 1. The number of hydrogen-bond acceptors (Lipinski definition) is 6. The van der Waals surface area contributed by atoms with Crippen molar-refractivity contribution in [2.45, 2.75) is 11.1 Å². The van der Waals surface area contributed by atoms with Crippen LogP contribution in [-0.2, 0) is 4.79 Å². The second kappa shape index (κ2) is 7.06. The molecule has 0 aliphatic heterocycles. The fourth-order valence-corrected chi connectivity index (χ4v) is 3.83. The highest BCUT2D eigenvalue weighted by molar-refractivity contribution is 9.10. The number of nitrogens with two attached hydrogens (primary N) is 1. The van der Waals surface area contributed by atoms with Crippen LogP contribution >= 0.6 is 39.0 Å². The minimum absolute atomic E-state index is 0.138. The molecule has 110 valence electrons. The van der Waals surface area contributed by atoms with Crippen LogP contribution in [0.2, 0.25) is 0 Å². The molecular formula is C13H12BrN3O2S2. The van der Waals surface area contributed by atoms with Crippen molar-refractivity contribution in [3.63, 3.8) is 0 Å². The second-order valence-corrected chi connectivity index (χ2v) is 7.20. The number of imide groups is 1. The van der Waals surface area contributed by atoms with E-state index in [0.717, 1.165) is 9.90 Å². The van der Waals surface area contributed by atoms with Gasteiger partial charge in [-0.1, -0.05) is 23.5 Å². The summed E-state index contributed by atoms with van der Waals surface area (Å²) < 4.78 is 1.53. The number of rotatable bonds is 4. The summed E-state index contributed by atoms with van der Waals surface area (Å²) in [5, 5.41) is 2.83. The van der Waals surface area contributed by atoms with E-state index < -0.39 is 5.91 Å². The Labute approximate surface area is 138 Å². The lowest BCUT2D eigenvalue weighted by molar-refractivity contribution is -0.117. The van der Waals surface area contributed by atoms with Gasteiger partial charge in [-0.15, -0.1) is 11.8 Å². The average molecular weight is 386 g/mol. The first-order valence-electron chi connectivity index (χ1n) is 5.92. The third-order valence-electron chi connectivity index (χ3n) is 2.48. The molecule has 1 heterocycles. The summed E-state index contributed by atoms with van der Waals surface area (Å²) in [6.45, 7) is 1.83. The molecule has 2 rings (SSSR count). The molecule has 21 heavy (non-hydrogen) atoms. The van der Waals surface area contributed by atoms with E-state index in [1.54, 1.807) is 24.3 Å². The zero-order valence-electron chi connectivity index (χ0n) is 11.1. The van der Waals surface area contributed by atoms with E-state index in [0.29, 0.717) is 15.2 Å². The van der Waals surface area contributed by atoms with Gasteiger partial charge in [0.1, 0.15) is 0 Å². The Morgan fingerprint density at radius 3 is 2.76 bits per heavy atom. The molecule has 0 unspecified atom stereocenters. The van der Waals surface area contributed by atoms with Crippen molar-refractivity contribution in [1.82, 2.24) is 10.3 Å². The fraction of sp³-hybridized carbons (Fsp3) is 0.154. The van der Waals surface area contributed by atoms with Crippen molar-refractivity contribution in [1.29, 1.82) is 0 Å². The molecule has 5 nitrogen and oxygen atoms in total. The van der Waals surface area contributed by atoms with Crippen LogP contribution in [0.5, 0.6) is 0 Å². The Kier molecular flexibility index (Phi) is 5.38. The summed E-state index contributed by atoms with van der Waals surface area (Å²) in [6.07, 6.45) is 0. The van der Waals surface area contributed by atoms with Crippen molar-refractivity contribution in [2.24, 2.45) is 0 Å². The normalized spacial score (nSPS) is 10.4. The number of benzene rings is 1. The lowest BCUT2D eigenvalue weighted by Gasteiger charge is -2.05. The molecule has 0 radical (unpaired) electrons. The lowest BCUT2D eigenvalue weighted by Crippen LogP contribution is -2.32. The molecule has 2 amide bonds. The van der Waals surface area contributed by atoms with Crippen LogP contribution in [0.4, 0.5) is 5.13 Å². The van der Waals surface area contributed by atoms with E-state index in [4.69, 9.17) is 5.73 Å². The van der Waals surface area contributed by atoms with Crippen LogP contribution in [0.15, 0.2) is 32.9 Å². The molecule has 0 aliphatic rings. The van der Waals surface area contributed by atoms with Gasteiger partial charge < -0.3 is 5.73 Å². The van der Waals surface area contributed by atoms with Crippen LogP contribution in [0, 0.1) is 6.92 Å². The van der Waals surface area contributed by atoms with Gasteiger partial charge in [0.05, 0.1) is 21.2 Å². The van der Waals surface area contributed by atoms with Crippen molar-refractivity contribution in [3.8, 4) is 0 Å². The monoisotopic (exact) mass is 385 g/mol. The van der Waals surface area contributed by atoms with Gasteiger partial charge in [0.15, 0.2) is 5.13 Å². The SMILES string of the molecule is Cc1nc(N)sc1SCC(=O)NC(=O)c1ccccc1Br. The second-order valence-electron chi connectivity index (χ2n) is 4.07. The third kappa shape index (κ3) is 4.29. The number of hydrogen-bond donors (Lipinski definition) is 2. The summed E-state index contributed by atoms with van der Waals surface area (Å²) in [6, 6.07) is 6.93. The average Bonchev–Trinajstić information content (AvgIpc) is 2.75. The molecule has 2 aromatic rings. The Morgan fingerprint density at radius 2 is 2.14 bits per heavy atom. The summed E-state index contributed by atoms with van der Waals surface area (Å²) in [5.74, 6) is -0.640. The van der Waals surface area contributed by atoms with Gasteiger partial charge in [-0.05, 0) is 35.0 Å². The number of amides is 2. The third-order valence-corrected chi connectivity index (χ3v) is 5.52. The van der Waals surface area contributed by atoms with Gasteiger partial charge in [0.25, 0.3) is 5.91 Å². The first kappa shape index (κ1) is 16.0. The van der Waals surface area contributed by atoms with E-state index in [1.165, 1.54) is 23.1 Å². The summed E-state index contributed by atoms with van der Waals surface area (Å²) in [5.41, 5.74) is 6.82. The van der Waals surface area contributed by atoms with Crippen molar-refractivity contribution < 1.29 is 9.59 Å². The van der Waals surface area contributed by atoms with Gasteiger partial charge in [-0.2, -0.15) is 0 Å². The number of carbonyl (C=O) groups is 2. The first-order chi connectivity index (χ1) is 9.97. The highest BCUT2D eigenvalue weighted by atomic mass is 79.9. The topological polar surface area (TPSA) is 85.1 Å². The van der Waals surface area contributed by atoms with E-state index in [1.807, 2.05) is 6.92 Å². The summed E-state index contributed by atoms with van der Waals surface area (Å²) >= 11 is 5.93. The number of carbonyl (C=O) groups excluding carboxylic acids is 2. The molecule has 0 saturated heterocycles. The number of thiazole rings is 1. The molecule has 0 aliphatic carbocycles. The van der Waals surface area contributed by atoms with Gasteiger partial charge in [-0.25, -0.2) is 4.98 Å². The quantitative estimate of drug-likeness (QED) is 0.790. The number of nitrogens with one attached hydrogen (secondary N) is 1. The van der Waals surface area contributed by atoms with E-state index in [-0.39, 0.29) is 11.7 Å². The molecule has 1 aromatic heterocycles. The molecule has 1 aromatic carbocycles. The molecule has 0 fully saturated rings. The van der Waals surface area contributed by atoms with Gasteiger partial charge in [-0.3, -0.25) is 14.9 Å². The van der Waals surface area contributed by atoms with Gasteiger partial charge in [0.2, 0.25) is 5.91 Å². The number of nitrogens with zero attached hydrogens (tertiary/aromatic N) is 1.